The van der Waals surface area contributed by atoms with Gasteiger partial charge < -0.3 is 9.47 Å². The highest BCUT2D eigenvalue weighted by Crippen LogP contribution is 2.19. The van der Waals surface area contributed by atoms with Crippen LogP contribution in [0.1, 0.15) is 5.56 Å². The van der Waals surface area contributed by atoms with Crippen LogP contribution in [0.3, 0.4) is 0 Å². The largest absolute Gasteiger partial charge is 0.354 e. The summed E-state index contributed by atoms with van der Waals surface area (Å²) >= 11 is 1.59. The average molecular weight is 280 g/mol. The van der Waals surface area contributed by atoms with Crippen LogP contribution in [0.5, 0.6) is 0 Å². The maximum Gasteiger partial charge on any atom is 0.209 e. The van der Waals surface area contributed by atoms with Gasteiger partial charge in [0, 0.05) is 20.0 Å². The van der Waals surface area contributed by atoms with Gasteiger partial charge in [0.15, 0.2) is 6.29 Å². The van der Waals surface area contributed by atoms with Crippen LogP contribution in [0, 0.1) is 0 Å². The number of thioether (sulfide) groups is 1. The third-order valence-electron chi connectivity index (χ3n) is 2.56. The molecule has 0 saturated heterocycles. The summed E-state index contributed by atoms with van der Waals surface area (Å²) in [6.07, 6.45) is -0.348. The van der Waals surface area contributed by atoms with Gasteiger partial charge in [-0.3, -0.25) is 0 Å². The van der Waals surface area contributed by atoms with Crippen LogP contribution in [-0.4, -0.2) is 40.7 Å². The van der Waals surface area contributed by atoms with Crippen LogP contribution in [-0.2, 0) is 21.8 Å². The molecule has 2 aromatic rings. The fourth-order valence-electron chi connectivity index (χ4n) is 1.52. The molecule has 0 saturated carbocycles. The number of rotatable bonds is 7. The standard InChI is InChI=1S/C12H16N4O2S/c1-17-11(18-2)8-16-12(13-14-15-16)19-9-10-6-4-3-5-7-10/h3-7,11H,8-9H2,1-2H3. The van der Waals surface area contributed by atoms with Crippen molar-refractivity contribution in [3.05, 3.63) is 35.9 Å². The van der Waals surface area contributed by atoms with E-state index in [0.29, 0.717) is 6.54 Å². The van der Waals surface area contributed by atoms with Crippen molar-refractivity contribution in [2.45, 2.75) is 23.7 Å². The average Bonchev–Trinajstić information content (AvgIpc) is 2.91. The van der Waals surface area contributed by atoms with E-state index in [9.17, 15) is 0 Å². The molecule has 0 bridgehead atoms. The molecule has 0 N–H and O–H groups in total. The minimum Gasteiger partial charge on any atom is -0.354 e. The normalized spacial score (nSPS) is 11.1. The topological polar surface area (TPSA) is 62.1 Å². The highest BCUT2D eigenvalue weighted by Gasteiger charge is 2.12. The lowest BCUT2D eigenvalue weighted by Gasteiger charge is -2.13. The second-order valence-electron chi connectivity index (χ2n) is 3.82. The smallest absolute Gasteiger partial charge is 0.209 e. The highest BCUT2D eigenvalue weighted by atomic mass is 32.2. The van der Waals surface area contributed by atoms with Crippen LogP contribution < -0.4 is 0 Å². The summed E-state index contributed by atoms with van der Waals surface area (Å²) in [7, 11) is 3.19. The van der Waals surface area contributed by atoms with E-state index in [4.69, 9.17) is 9.47 Å². The number of nitrogens with zero attached hydrogens (tertiary/aromatic N) is 4. The number of aromatic nitrogens is 4. The zero-order valence-corrected chi connectivity index (χ0v) is 11.7. The lowest BCUT2D eigenvalue weighted by atomic mass is 10.2. The number of hydrogen-bond donors (Lipinski definition) is 0. The fourth-order valence-corrected chi connectivity index (χ4v) is 2.37. The number of ether oxygens (including phenoxy) is 2. The molecule has 0 fully saturated rings. The SMILES string of the molecule is COC(Cn1nnnc1SCc1ccccc1)OC. The Bertz CT molecular complexity index is 487. The number of hydrogen-bond acceptors (Lipinski definition) is 6. The molecule has 1 aromatic heterocycles. The molecule has 0 amide bonds. The Kier molecular flexibility index (Phi) is 5.31. The summed E-state index contributed by atoms with van der Waals surface area (Å²) in [6, 6.07) is 10.2. The lowest BCUT2D eigenvalue weighted by Crippen LogP contribution is -2.21. The van der Waals surface area contributed by atoms with E-state index in [2.05, 4.69) is 27.7 Å². The Morgan fingerprint density at radius 3 is 2.63 bits per heavy atom. The lowest BCUT2D eigenvalue weighted by molar-refractivity contribution is -0.113. The second-order valence-corrected chi connectivity index (χ2v) is 4.76. The summed E-state index contributed by atoms with van der Waals surface area (Å²) < 4.78 is 12.0. The van der Waals surface area contributed by atoms with Crippen LogP contribution in [0.15, 0.2) is 35.5 Å². The van der Waals surface area contributed by atoms with Crippen molar-refractivity contribution in [1.29, 1.82) is 0 Å². The third-order valence-corrected chi connectivity index (χ3v) is 3.59. The molecule has 0 aliphatic rings. The molecular formula is C12H16N4O2S. The van der Waals surface area contributed by atoms with E-state index < -0.39 is 0 Å². The highest BCUT2D eigenvalue weighted by molar-refractivity contribution is 7.98. The van der Waals surface area contributed by atoms with Crippen LogP contribution in [0.25, 0.3) is 0 Å². The molecule has 1 heterocycles. The Morgan fingerprint density at radius 2 is 1.95 bits per heavy atom. The Labute approximate surface area is 116 Å². The molecule has 2 rings (SSSR count). The van der Waals surface area contributed by atoms with Crippen molar-refractivity contribution in [2.24, 2.45) is 0 Å². The van der Waals surface area contributed by atoms with Gasteiger partial charge in [0.2, 0.25) is 5.16 Å². The van der Waals surface area contributed by atoms with Gasteiger partial charge >= 0.3 is 0 Å². The van der Waals surface area contributed by atoms with Crippen molar-refractivity contribution in [2.75, 3.05) is 14.2 Å². The number of benzene rings is 1. The molecule has 0 aliphatic heterocycles. The molecule has 1 aromatic carbocycles. The Balaban J connectivity index is 1.96. The molecule has 6 nitrogen and oxygen atoms in total. The van der Waals surface area contributed by atoms with E-state index >= 15 is 0 Å². The summed E-state index contributed by atoms with van der Waals surface area (Å²) in [6.45, 7) is 0.469. The number of methoxy groups -OCH3 is 2. The molecule has 0 radical (unpaired) electrons. The summed E-state index contributed by atoms with van der Waals surface area (Å²) in [5.41, 5.74) is 1.23. The van der Waals surface area contributed by atoms with E-state index in [1.54, 1.807) is 30.7 Å². The van der Waals surface area contributed by atoms with Gasteiger partial charge in [-0.1, -0.05) is 42.1 Å². The molecule has 19 heavy (non-hydrogen) atoms. The van der Waals surface area contributed by atoms with Crippen LogP contribution >= 0.6 is 11.8 Å². The first-order valence-corrected chi connectivity index (χ1v) is 6.80. The molecule has 0 aliphatic carbocycles. The Hall–Kier alpha value is -1.44. The zero-order valence-electron chi connectivity index (χ0n) is 10.9. The fraction of sp³-hybridized carbons (Fsp3) is 0.417. The quantitative estimate of drug-likeness (QED) is 0.567. The van der Waals surface area contributed by atoms with E-state index in [0.717, 1.165) is 10.9 Å². The minimum absolute atomic E-state index is 0.348. The molecule has 102 valence electrons. The maximum absolute atomic E-state index is 5.14. The monoisotopic (exact) mass is 280 g/mol. The first-order valence-electron chi connectivity index (χ1n) is 5.82. The molecule has 0 unspecified atom stereocenters. The van der Waals surface area contributed by atoms with Crippen molar-refractivity contribution >= 4 is 11.8 Å². The molecule has 0 spiro atoms. The van der Waals surface area contributed by atoms with Gasteiger partial charge in [-0.15, -0.1) is 5.10 Å². The second kappa shape index (κ2) is 7.22. The minimum atomic E-state index is -0.348. The van der Waals surface area contributed by atoms with Gasteiger partial charge in [0.05, 0.1) is 6.54 Å². The molecular weight excluding hydrogens is 264 g/mol. The predicted octanol–water partition coefficient (Wildman–Crippen LogP) is 1.58. The molecule has 7 heteroatoms. The summed E-state index contributed by atoms with van der Waals surface area (Å²) in [4.78, 5) is 0. The first kappa shape index (κ1) is 14.0. The van der Waals surface area contributed by atoms with E-state index in [1.165, 1.54) is 5.56 Å². The number of tetrazole rings is 1. The van der Waals surface area contributed by atoms with E-state index in [1.807, 2.05) is 18.2 Å². The molecule has 0 atom stereocenters. The van der Waals surface area contributed by atoms with Crippen molar-refractivity contribution < 1.29 is 9.47 Å². The Morgan fingerprint density at radius 1 is 1.21 bits per heavy atom. The summed E-state index contributed by atoms with van der Waals surface area (Å²) in [5.74, 6) is 0.825. The van der Waals surface area contributed by atoms with E-state index in [-0.39, 0.29) is 6.29 Å². The maximum atomic E-state index is 5.14. The summed E-state index contributed by atoms with van der Waals surface area (Å²) in [5, 5.41) is 12.4. The third kappa shape index (κ3) is 4.02. The van der Waals surface area contributed by atoms with Gasteiger partial charge in [-0.25, -0.2) is 4.68 Å². The zero-order chi connectivity index (χ0) is 13.5. The first-order chi connectivity index (χ1) is 9.33. The van der Waals surface area contributed by atoms with Gasteiger partial charge in [0.25, 0.3) is 0 Å². The van der Waals surface area contributed by atoms with Crippen molar-refractivity contribution in [3.63, 3.8) is 0 Å². The van der Waals surface area contributed by atoms with Gasteiger partial charge in [0.1, 0.15) is 0 Å². The van der Waals surface area contributed by atoms with Crippen molar-refractivity contribution in [1.82, 2.24) is 20.2 Å². The van der Waals surface area contributed by atoms with Gasteiger partial charge in [-0.05, 0) is 16.0 Å². The van der Waals surface area contributed by atoms with Gasteiger partial charge in [-0.2, -0.15) is 0 Å². The predicted molar refractivity (Wildman–Crippen MR) is 71.6 cm³/mol. The van der Waals surface area contributed by atoms with Crippen LogP contribution in [0.4, 0.5) is 0 Å². The van der Waals surface area contributed by atoms with Crippen molar-refractivity contribution in [3.8, 4) is 0 Å². The van der Waals surface area contributed by atoms with Crippen LogP contribution in [0.2, 0.25) is 0 Å².